The molecule has 2 aromatic rings. The van der Waals surface area contributed by atoms with E-state index < -0.39 is 11.9 Å². The fraction of sp³-hybridized carbons (Fsp3) is 0.333. The summed E-state index contributed by atoms with van der Waals surface area (Å²) >= 11 is 0. The van der Waals surface area contributed by atoms with Crippen molar-refractivity contribution in [3.8, 4) is 5.69 Å². The molecule has 0 spiro atoms. The SMILES string of the molecule is O=CNc1ccccc1-n1nc(C(F)(F)F)c2c1CCCC2. The van der Waals surface area contributed by atoms with E-state index in [1.54, 1.807) is 24.3 Å². The summed E-state index contributed by atoms with van der Waals surface area (Å²) in [6.45, 7) is 0. The van der Waals surface area contributed by atoms with Crippen LogP contribution >= 0.6 is 0 Å². The molecule has 1 amide bonds. The van der Waals surface area contributed by atoms with Crippen molar-refractivity contribution in [3.05, 3.63) is 41.2 Å². The number of amides is 1. The Morgan fingerprint density at radius 3 is 2.64 bits per heavy atom. The quantitative estimate of drug-likeness (QED) is 0.884. The summed E-state index contributed by atoms with van der Waals surface area (Å²) in [4.78, 5) is 10.7. The van der Waals surface area contributed by atoms with Crippen LogP contribution in [0.2, 0.25) is 0 Å². The van der Waals surface area contributed by atoms with Crippen LogP contribution < -0.4 is 5.32 Å². The van der Waals surface area contributed by atoms with Gasteiger partial charge in [-0.3, -0.25) is 4.79 Å². The molecule has 116 valence electrons. The maximum Gasteiger partial charge on any atom is 0.435 e. The summed E-state index contributed by atoms with van der Waals surface area (Å²) in [5.41, 5.74) is 0.923. The first-order valence-corrected chi connectivity index (χ1v) is 7.00. The second kappa shape index (κ2) is 5.47. The zero-order valence-corrected chi connectivity index (χ0v) is 11.7. The van der Waals surface area contributed by atoms with Gasteiger partial charge >= 0.3 is 6.18 Å². The molecule has 0 atom stereocenters. The van der Waals surface area contributed by atoms with Gasteiger partial charge in [-0.25, -0.2) is 4.68 Å². The first-order valence-electron chi connectivity index (χ1n) is 7.00. The smallest absolute Gasteiger partial charge is 0.327 e. The number of rotatable bonds is 3. The van der Waals surface area contributed by atoms with Crippen molar-refractivity contribution in [3.63, 3.8) is 0 Å². The lowest BCUT2D eigenvalue weighted by atomic mass is 9.95. The van der Waals surface area contributed by atoms with E-state index in [0.29, 0.717) is 36.3 Å². The van der Waals surface area contributed by atoms with Gasteiger partial charge in [-0.05, 0) is 37.8 Å². The third-order valence-electron chi connectivity index (χ3n) is 3.80. The van der Waals surface area contributed by atoms with E-state index in [1.807, 2.05) is 0 Å². The molecule has 1 aromatic carbocycles. The largest absolute Gasteiger partial charge is 0.435 e. The summed E-state index contributed by atoms with van der Waals surface area (Å²) in [6.07, 6.45) is -1.48. The molecular weight excluding hydrogens is 295 g/mol. The van der Waals surface area contributed by atoms with Crippen molar-refractivity contribution in [2.45, 2.75) is 31.9 Å². The molecule has 7 heteroatoms. The number of nitrogens with zero attached hydrogens (tertiary/aromatic N) is 2. The van der Waals surface area contributed by atoms with Crippen molar-refractivity contribution >= 4 is 12.1 Å². The minimum absolute atomic E-state index is 0.277. The van der Waals surface area contributed by atoms with Gasteiger partial charge in [0, 0.05) is 11.3 Å². The maximum atomic E-state index is 13.2. The van der Waals surface area contributed by atoms with Crippen LogP contribution in [0.4, 0.5) is 18.9 Å². The van der Waals surface area contributed by atoms with Crippen LogP contribution in [0.25, 0.3) is 5.69 Å². The average Bonchev–Trinajstić information content (AvgIpc) is 2.88. The monoisotopic (exact) mass is 309 g/mol. The Morgan fingerprint density at radius 1 is 1.18 bits per heavy atom. The number of hydrogen-bond acceptors (Lipinski definition) is 2. The Morgan fingerprint density at radius 2 is 1.91 bits per heavy atom. The van der Waals surface area contributed by atoms with Crippen LogP contribution in [0.15, 0.2) is 24.3 Å². The average molecular weight is 309 g/mol. The third-order valence-corrected chi connectivity index (χ3v) is 3.80. The Labute approximate surface area is 124 Å². The van der Waals surface area contributed by atoms with E-state index in [1.165, 1.54) is 4.68 Å². The number of para-hydroxylation sites is 2. The molecule has 0 bridgehead atoms. The predicted octanol–water partition coefficient (Wildman–Crippen LogP) is 3.34. The van der Waals surface area contributed by atoms with Gasteiger partial charge in [0.1, 0.15) is 0 Å². The van der Waals surface area contributed by atoms with E-state index in [0.717, 1.165) is 12.8 Å². The van der Waals surface area contributed by atoms with Crippen molar-refractivity contribution in [2.75, 3.05) is 5.32 Å². The summed E-state index contributed by atoms with van der Waals surface area (Å²) < 4.78 is 40.9. The molecule has 4 nitrogen and oxygen atoms in total. The predicted molar refractivity (Wildman–Crippen MR) is 74.9 cm³/mol. The van der Waals surface area contributed by atoms with Gasteiger partial charge in [0.2, 0.25) is 6.41 Å². The van der Waals surface area contributed by atoms with Crippen LogP contribution in [0.1, 0.15) is 29.8 Å². The molecule has 1 N–H and O–H groups in total. The number of benzene rings is 1. The number of hydrogen-bond donors (Lipinski definition) is 1. The highest BCUT2D eigenvalue weighted by Crippen LogP contribution is 2.37. The Bertz CT molecular complexity index is 707. The van der Waals surface area contributed by atoms with Gasteiger partial charge < -0.3 is 5.32 Å². The summed E-state index contributed by atoms with van der Waals surface area (Å²) in [6, 6.07) is 6.69. The van der Waals surface area contributed by atoms with Crippen molar-refractivity contribution in [2.24, 2.45) is 0 Å². The zero-order valence-electron chi connectivity index (χ0n) is 11.7. The van der Waals surface area contributed by atoms with E-state index in [4.69, 9.17) is 0 Å². The normalized spacial score (nSPS) is 14.5. The molecule has 1 aliphatic rings. The number of aromatic nitrogens is 2. The third kappa shape index (κ3) is 2.47. The molecule has 22 heavy (non-hydrogen) atoms. The van der Waals surface area contributed by atoms with Gasteiger partial charge in [0.25, 0.3) is 0 Å². The van der Waals surface area contributed by atoms with Gasteiger partial charge in [-0.2, -0.15) is 18.3 Å². The van der Waals surface area contributed by atoms with Crippen LogP contribution in [-0.2, 0) is 23.8 Å². The van der Waals surface area contributed by atoms with E-state index in [2.05, 4.69) is 10.4 Å². The first kappa shape index (κ1) is 14.6. The Balaban J connectivity index is 2.20. The lowest BCUT2D eigenvalue weighted by Crippen LogP contribution is -2.11. The van der Waals surface area contributed by atoms with Gasteiger partial charge in [-0.15, -0.1) is 0 Å². The van der Waals surface area contributed by atoms with Gasteiger partial charge in [-0.1, -0.05) is 12.1 Å². The van der Waals surface area contributed by atoms with Crippen LogP contribution in [0.5, 0.6) is 0 Å². The van der Waals surface area contributed by atoms with Crippen molar-refractivity contribution in [1.82, 2.24) is 9.78 Å². The maximum absolute atomic E-state index is 13.2. The second-order valence-electron chi connectivity index (χ2n) is 5.17. The lowest BCUT2D eigenvalue weighted by Gasteiger charge is -2.16. The lowest BCUT2D eigenvalue weighted by molar-refractivity contribution is -0.142. The minimum Gasteiger partial charge on any atom is -0.327 e. The number of fused-ring (bicyclic) bond motifs is 1. The van der Waals surface area contributed by atoms with Crippen LogP contribution in [-0.4, -0.2) is 16.2 Å². The van der Waals surface area contributed by atoms with Gasteiger partial charge in [0.05, 0.1) is 11.4 Å². The van der Waals surface area contributed by atoms with Gasteiger partial charge in [0.15, 0.2) is 5.69 Å². The highest BCUT2D eigenvalue weighted by atomic mass is 19.4. The van der Waals surface area contributed by atoms with Crippen molar-refractivity contribution < 1.29 is 18.0 Å². The summed E-state index contributed by atoms with van der Waals surface area (Å²) in [5.74, 6) is 0. The van der Waals surface area contributed by atoms with E-state index in [-0.39, 0.29) is 5.56 Å². The summed E-state index contributed by atoms with van der Waals surface area (Å²) in [7, 11) is 0. The number of anilines is 1. The molecule has 0 radical (unpaired) electrons. The molecule has 1 aliphatic carbocycles. The Kier molecular flexibility index (Phi) is 3.64. The molecule has 0 unspecified atom stereocenters. The van der Waals surface area contributed by atoms with E-state index >= 15 is 0 Å². The van der Waals surface area contributed by atoms with Crippen LogP contribution in [0.3, 0.4) is 0 Å². The highest BCUT2D eigenvalue weighted by molar-refractivity contribution is 5.77. The molecule has 0 saturated carbocycles. The molecule has 0 aliphatic heterocycles. The number of carbonyl (C=O) groups excluding carboxylic acids is 1. The van der Waals surface area contributed by atoms with Crippen LogP contribution in [0, 0.1) is 0 Å². The second-order valence-corrected chi connectivity index (χ2v) is 5.17. The van der Waals surface area contributed by atoms with E-state index in [9.17, 15) is 18.0 Å². The Hall–Kier alpha value is -2.31. The standard InChI is InChI=1S/C15H14F3N3O/c16-15(17,18)14-10-5-1-3-7-12(10)21(20-14)13-8-4-2-6-11(13)19-9-22/h2,4,6,8-9H,1,3,5,7H2,(H,19,22). The number of carbonyl (C=O) groups is 1. The zero-order chi connectivity index (χ0) is 15.7. The number of nitrogens with one attached hydrogen (secondary N) is 1. The molecule has 1 aromatic heterocycles. The summed E-state index contributed by atoms with van der Waals surface area (Å²) in [5, 5.41) is 6.32. The molecule has 3 rings (SSSR count). The first-order chi connectivity index (χ1) is 10.5. The molecule has 0 saturated heterocycles. The highest BCUT2D eigenvalue weighted by Gasteiger charge is 2.39. The fourth-order valence-corrected chi connectivity index (χ4v) is 2.87. The minimum atomic E-state index is -4.47. The topological polar surface area (TPSA) is 46.9 Å². The van der Waals surface area contributed by atoms with Crippen molar-refractivity contribution in [1.29, 1.82) is 0 Å². The molecule has 0 fully saturated rings. The molecular formula is C15H14F3N3O. The molecule has 1 heterocycles. The number of halogens is 3. The fourth-order valence-electron chi connectivity index (χ4n) is 2.87. The number of alkyl halides is 3.